The molecule has 1 fully saturated rings. The van der Waals surface area contributed by atoms with Gasteiger partial charge in [0.15, 0.2) is 5.75 Å². The van der Waals surface area contributed by atoms with Crippen LogP contribution in [0, 0.1) is 0 Å². The van der Waals surface area contributed by atoms with Crippen LogP contribution in [0.1, 0.15) is 35.7 Å². The van der Waals surface area contributed by atoms with Gasteiger partial charge in [-0.25, -0.2) is 0 Å². The van der Waals surface area contributed by atoms with Gasteiger partial charge in [-0.15, -0.1) is 0 Å². The topological polar surface area (TPSA) is 42.0 Å². The molecule has 2 aromatic rings. The van der Waals surface area contributed by atoms with Gasteiger partial charge in [0.2, 0.25) is 0 Å². The van der Waals surface area contributed by atoms with E-state index in [1.54, 1.807) is 12.1 Å². The summed E-state index contributed by atoms with van der Waals surface area (Å²) in [5, 5.41) is 0.667. The van der Waals surface area contributed by atoms with Gasteiger partial charge in [0.05, 0.1) is 22.8 Å². The Morgan fingerprint density at radius 1 is 1.17 bits per heavy atom. The van der Waals surface area contributed by atoms with Gasteiger partial charge in [0.1, 0.15) is 0 Å². The fourth-order valence-electron chi connectivity index (χ4n) is 3.52. The minimum atomic E-state index is -0.131. The Balaban J connectivity index is 1.84. The lowest BCUT2D eigenvalue weighted by molar-refractivity contribution is 0.0507. The van der Waals surface area contributed by atoms with E-state index >= 15 is 0 Å². The summed E-state index contributed by atoms with van der Waals surface area (Å²) in [7, 11) is 4.00. The zero-order chi connectivity index (χ0) is 21.7. The molecular formula is C23H28Cl2N2O3. The molecule has 0 aromatic heterocycles. The van der Waals surface area contributed by atoms with E-state index in [-0.39, 0.29) is 12.0 Å². The summed E-state index contributed by atoms with van der Waals surface area (Å²) in [5.41, 5.74) is 2.60. The summed E-state index contributed by atoms with van der Waals surface area (Å²) < 4.78 is 11.3. The van der Waals surface area contributed by atoms with Crippen molar-refractivity contribution in [3.05, 3.63) is 57.6 Å². The lowest BCUT2D eigenvalue weighted by atomic mass is 10.1. The number of halogens is 2. The number of amides is 1. The van der Waals surface area contributed by atoms with E-state index in [1.807, 2.05) is 43.0 Å². The number of benzene rings is 2. The molecule has 1 aliphatic heterocycles. The highest BCUT2D eigenvalue weighted by Gasteiger charge is 2.25. The van der Waals surface area contributed by atoms with Crippen molar-refractivity contribution in [3.8, 4) is 5.75 Å². The lowest BCUT2D eigenvalue weighted by Gasteiger charge is -2.26. The van der Waals surface area contributed by atoms with Crippen molar-refractivity contribution in [1.29, 1.82) is 0 Å². The predicted octanol–water partition coefficient (Wildman–Crippen LogP) is 5.28. The lowest BCUT2D eigenvalue weighted by Crippen LogP contribution is -2.37. The van der Waals surface area contributed by atoms with Crippen LogP contribution in [0.15, 0.2) is 36.4 Å². The van der Waals surface area contributed by atoms with Gasteiger partial charge < -0.3 is 19.3 Å². The highest BCUT2D eigenvalue weighted by atomic mass is 35.5. The summed E-state index contributed by atoms with van der Waals surface area (Å²) in [6.07, 6.45) is 2.02. The molecule has 1 amide bonds. The van der Waals surface area contributed by atoms with Crippen LogP contribution in [0.5, 0.6) is 5.75 Å². The van der Waals surface area contributed by atoms with Crippen molar-refractivity contribution >= 4 is 34.8 Å². The number of ether oxygens (including phenoxy) is 2. The molecule has 162 valence electrons. The molecule has 1 atom stereocenters. The van der Waals surface area contributed by atoms with E-state index in [0.29, 0.717) is 41.1 Å². The fraction of sp³-hybridized carbons (Fsp3) is 0.435. The number of carbonyl (C=O) groups is 1. The first-order valence-corrected chi connectivity index (χ1v) is 10.9. The Morgan fingerprint density at radius 2 is 1.83 bits per heavy atom. The van der Waals surface area contributed by atoms with Crippen molar-refractivity contribution in [2.24, 2.45) is 0 Å². The standard InChI is InChI=1S/C23H28Cl2N2O3/c1-4-29-22-20(24)12-17(13-21(22)25)23(28)27(15-19-6-5-11-30-19)14-16-7-9-18(10-8-16)26(2)3/h7-10,12-13,19H,4-6,11,14-15H2,1-3H3/t19-/m1/s1. The Hall–Kier alpha value is -1.95. The van der Waals surface area contributed by atoms with E-state index in [0.717, 1.165) is 30.7 Å². The molecule has 0 radical (unpaired) electrons. The molecule has 0 N–H and O–H groups in total. The van der Waals surface area contributed by atoms with Crippen LogP contribution in [0.25, 0.3) is 0 Å². The Morgan fingerprint density at radius 3 is 2.37 bits per heavy atom. The Labute approximate surface area is 188 Å². The third-order valence-electron chi connectivity index (χ3n) is 5.10. The van der Waals surface area contributed by atoms with Gasteiger partial charge in [-0.2, -0.15) is 0 Å². The molecule has 0 spiro atoms. The molecule has 0 bridgehead atoms. The highest BCUT2D eigenvalue weighted by molar-refractivity contribution is 6.37. The van der Waals surface area contributed by atoms with Gasteiger partial charge in [-0.3, -0.25) is 4.79 Å². The average molecular weight is 451 g/mol. The van der Waals surface area contributed by atoms with Gasteiger partial charge in [0.25, 0.3) is 5.91 Å². The number of hydrogen-bond acceptors (Lipinski definition) is 4. The first-order chi connectivity index (χ1) is 14.4. The summed E-state index contributed by atoms with van der Waals surface area (Å²) in [6.45, 7) is 4.05. The second kappa shape index (κ2) is 10.4. The summed E-state index contributed by atoms with van der Waals surface area (Å²) in [4.78, 5) is 17.2. The molecule has 2 aromatic carbocycles. The van der Waals surface area contributed by atoms with E-state index in [2.05, 4.69) is 12.1 Å². The van der Waals surface area contributed by atoms with Crippen molar-refractivity contribution in [1.82, 2.24) is 4.90 Å². The van der Waals surface area contributed by atoms with Crippen LogP contribution in [0.3, 0.4) is 0 Å². The number of rotatable bonds is 8. The molecule has 0 aliphatic carbocycles. The van der Waals surface area contributed by atoms with Gasteiger partial charge >= 0.3 is 0 Å². The Bertz CT molecular complexity index is 842. The van der Waals surface area contributed by atoms with E-state index in [4.69, 9.17) is 32.7 Å². The van der Waals surface area contributed by atoms with Crippen LogP contribution in [0.4, 0.5) is 5.69 Å². The van der Waals surface area contributed by atoms with Crippen LogP contribution in [-0.4, -0.2) is 50.8 Å². The normalized spacial score (nSPS) is 15.8. The molecule has 30 heavy (non-hydrogen) atoms. The number of anilines is 1. The zero-order valence-electron chi connectivity index (χ0n) is 17.7. The zero-order valence-corrected chi connectivity index (χ0v) is 19.2. The van der Waals surface area contributed by atoms with Crippen molar-refractivity contribution in [2.45, 2.75) is 32.4 Å². The summed E-state index contributed by atoms with van der Waals surface area (Å²) in [6, 6.07) is 11.4. The SMILES string of the molecule is CCOc1c(Cl)cc(C(=O)N(Cc2ccc(N(C)C)cc2)C[C@H]2CCCO2)cc1Cl. The monoisotopic (exact) mass is 450 g/mol. The third-order valence-corrected chi connectivity index (χ3v) is 5.66. The maximum atomic E-state index is 13.4. The van der Waals surface area contributed by atoms with Crippen molar-refractivity contribution in [2.75, 3.05) is 38.8 Å². The summed E-state index contributed by atoms with van der Waals surface area (Å²) in [5.74, 6) is 0.274. The van der Waals surface area contributed by atoms with Crippen LogP contribution >= 0.6 is 23.2 Å². The summed E-state index contributed by atoms with van der Waals surface area (Å²) >= 11 is 12.7. The second-order valence-electron chi connectivity index (χ2n) is 7.58. The van der Waals surface area contributed by atoms with Gasteiger partial charge in [-0.05, 0) is 49.6 Å². The van der Waals surface area contributed by atoms with Crippen molar-refractivity contribution in [3.63, 3.8) is 0 Å². The predicted molar refractivity (Wildman–Crippen MR) is 122 cm³/mol. The third kappa shape index (κ3) is 5.60. The molecule has 3 rings (SSSR count). The average Bonchev–Trinajstić information content (AvgIpc) is 3.23. The van der Waals surface area contributed by atoms with Crippen molar-refractivity contribution < 1.29 is 14.3 Å². The number of hydrogen-bond donors (Lipinski definition) is 0. The van der Waals surface area contributed by atoms with Crippen LogP contribution in [0.2, 0.25) is 10.0 Å². The van der Waals surface area contributed by atoms with E-state index in [9.17, 15) is 4.79 Å². The first-order valence-electron chi connectivity index (χ1n) is 10.2. The molecule has 0 saturated carbocycles. The number of carbonyl (C=O) groups excluding carboxylic acids is 1. The van der Waals surface area contributed by atoms with E-state index < -0.39 is 0 Å². The molecular weight excluding hydrogens is 423 g/mol. The largest absolute Gasteiger partial charge is 0.491 e. The second-order valence-corrected chi connectivity index (χ2v) is 8.40. The van der Waals surface area contributed by atoms with Crippen LogP contribution in [-0.2, 0) is 11.3 Å². The molecule has 5 nitrogen and oxygen atoms in total. The minimum Gasteiger partial charge on any atom is -0.491 e. The smallest absolute Gasteiger partial charge is 0.254 e. The van der Waals surface area contributed by atoms with Crippen LogP contribution < -0.4 is 9.64 Å². The maximum Gasteiger partial charge on any atom is 0.254 e. The molecule has 7 heteroatoms. The molecule has 0 unspecified atom stereocenters. The molecule has 1 heterocycles. The molecule has 1 saturated heterocycles. The van der Waals surface area contributed by atoms with E-state index in [1.165, 1.54) is 0 Å². The quantitative estimate of drug-likeness (QED) is 0.548. The van der Waals surface area contributed by atoms with Gasteiger partial charge in [-0.1, -0.05) is 35.3 Å². The maximum absolute atomic E-state index is 13.4. The van der Waals surface area contributed by atoms with Gasteiger partial charge in [0, 0.05) is 45.0 Å². The molecule has 1 aliphatic rings. The number of nitrogens with zero attached hydrogens (tertiary/aromatic N) is 2. The highest BCUT2D eigenvalue weighted by Crippen LogP contribution is 2.35. The minimum absolute atomic E-state index is 0.0450. The fourth-order valence-corrected chi connectivity index (χ4v) is 4.12. The Kier molecular flexibility index (Phi) is 7.87. The first kappa shape index (κ1) is 22.7.